The molecule has 2 aromatic carbocycles. The molecule has 0 spiro atoms. The van der Waals surface area contributed by atoms with E-state index in [1.165, 1.54) is 24.3 Å². The van der Waals surface area contributed by atoms with Gasteiger partial charge in [0.15, 0.2) is 0 Å². The van der Waals surface area contributed by atoms with Gasteiger partial charge in [0.25, 0.3) is 0 Å². The number of carbonyl (C=O) groups excluding carboxylic acids is 1. The molecule has 1 aromatic heterocycles. The van der Waals surface area contributed by atoms with E-state index >= 15 is 0 Å². The molecule has 7 heteroatoms. The predicted octanol–water partition coefficient (Wildman–Crippen LogP) is 4.37. The maximum Gasteiger partial charge on any atom is 0.239 e. The number of amides is 1. The van der Waals surface area contributed by atoms with E-state index in [9.17, 15) is 18.8 Å². The minimum atomic E-state index is -0.322. The zero-order chi connectivity index (χ0) is 22.5. The van der Waals surface area contributed by atoms with Crippen LogP contribution in [0.4, 0.5) is 14.6 Å². The summed E-state index contributed by atoms with van der Waals surface area (Å²) in [6, 6.07) is 14.5. The number of hydrogen-bond acceptors (Lipinski definition) is 3. The van der Waals surface area contributed by atoms with Crippen LogP contribution < -0.4 is 5.32 Å². The van der Waals surface area contributed by atoms with Gasteiger partial charge in [0.1, 0.15) is 23.5 Å². The van der Waals surface area contributed by atoms with Crippen LogP contribution in [-0.2, 0) is 17.9 Å². The maximum atomic E-state index is 13.4. The van der Waals surface area contributed by atoms with Crippen molar-refractivity contribution in [2.45, 2.75) is 26.9 Å². The predicted molar refractivity (Wildman–Crippen MR) is 115 cm³/mol. The number of aromatic nitrogens is 1. The molecule has 0 atom stereocenters. The Morgan fingerprint density at radius 3 is 2.45 bits per heavy atom. The molecule has 1 amide bonds. The fourth-order valence-corrected chi connectivity index (χ4v) is 3.52. The summed E-state index contributed by atoms with van der Waals surface area (Å²) in [6.45, 7) is 4.59. The minimum absolute atomic E-state index is 0.0706. The van der Waals surface area contributed by atoms with Crippen LogP contribution in [-0.4, -0.2) is 29.0 Å². The number of rotatable bonds is 7. The summed E-state index contributed by atoms with van der Waals surface area (Å²) in [7, 11) is 1.77. The molecule has 160 valence electrons. The SMILES string of the molecule is Cc1c(C#N)c(NC(=O)CN(C)Cc2cccc(F)c2)n(Cc2ccc(F)cc2)c1C. The van der Waals surface area contributed by atoms with Gasteiger partial charge in [0.2, 0.25) is 5.91 Å². The number of nitrogens with one attached hydrogen (secondary N) is 1. The van der Waals surface area contributed by atoms with Crippen molar-refractivity contribution in [3.05, 3.63) is 88.1 Å². The highest BCUT2D eigenvalue weighted by Crippen LogP contribution is 2.27. The van der Waals surface area contributed by atoms with Crippen LogP contribution in [0.1, 0.15) is 27.9 Å². The van der Waals surface area contributed by atoms with Crippen molar-refractivity contribution in [3.63, 3.8) is 0 Å². The topological polar surface area (TPSA) is 61.1 Å². The third-order valence-corrected chi connectivity index (χ3v) is 5.21. The third-order valence-electron chi connectivity index (χ3n) is 5.21. The van der Waals surface area contributed by atoms with E-state index in [2.05, 4.69) is 11.4 Å². The summed E-state index contributed by atoms with van der Waals surface area (Å²) in [5, 5.41) is 12.5. The molecule has 0 aliphatic heterocycles. The fraction of sp³-hybridized carbons (Fsp3) is 0.250. The Morgan fingerprint density at radius 2 is 1.81 bits per heavy atom. The largest absolute Gasteiger partial charge is 0.326 e. The molecule has 31 heavy (non-hydrogen) atoms. The van der Waals surface area contributed by atoms with E-state index in [1.807, 2.05) is 18.4 Å². The normalized spacial score (nSPS) is 10.9. The smallest absolute Gasteiger partial charge is 0.239 e. The monoisotopic (exact) mass is 422 g/mol. The number of carbonyl (C=O) groups is 1. The van der Waals surface area contributed by atoms with Crippen LogP contribution in [0, 0.1) is 36.8 Å². The molecule has 1 heterocycles. The second-order valence-corrected chi connectivity index (χ2v) is 7.61. The quantitative estimate of drug-likeness (QED) is 0.615. The summed E-state index contributed by atoms with van der Waals surface area (Å²) in [5.41, 5.74) is 3.65. The summed E-state index contributed by atoms with van der Waals surface area (Å²) in [5.74, 6) is -0.505. The lowest BCUT2D eigenvalue weighted by Crippen LogP contribution is -2.30. The molecule has 0 bridgehead atoms. The van der Waals surface area contributed by atoms with Gasteiger partial charge in [-0.05, 0) is 61.9 Å². The van der Waals surface area contributed by atoms with Gasteiger partial charge < -0.3 is 9.88 Å². The number of hydrogen-bond donors (Lipinski definition) is 1. The van der Waals surface area contributed by atoms with E-state index in [0.717, 1.165) is 22.4 Å². The van der Waals surface area contributed by atoms with E-state index < -0.39 is 0 Å². The molecule has 1 N–H and O–H groups in total. The molecule has 5 nitrogen and oxygen atoms in total. The van der Waals surface area contributed by atoms with Crippen molar-refractivity contribution in [1.29, 1.82) is 5.26 Å². The molecular formula is C24H24F2N4O. The summed E-state index contributed by atoms with van der Waals surface area (Å²) in [4.78, 5) is 14.5. The van der Waals surface area contributed by atoms with Crippen LogP contribution in [0.2, 0.25) is 0 Å². The van der Waals surface area contributed by atoms with E-state index in [4.69, 9.17) is 0 Å². The second-order valence-electron chi connectivity index (χ2n) is 7.61. The highest BCUT2D eigenvalue weighted by molar-refractivity contribution is 5.93. The van der Waals surface area contributed by atoms with Crippen molar-refractivity contribution >= 4 is 11.7 Å². The van der Waals surface area contributed by atoms with Gasteiger partial charge in [-0.1, -0.05) is 24.3 Å². The van der Waals surface area contributed by atoms with Crippen LogP contribution in [0.15, 0.2) is 48.5 Å². The molecule has 3 aromatic rings. The van der Waals surface area contributed by atoms with E-state index in [1.54, 1.807) is 36.2 Å². The molecule has 0 fully saturated rings. The molecule has 0 saturated heterocycles. The van der Waals surface area contributed by atoms with Gasteiger partial charge in [0, 0.05) is 18.8 Å². The Hall–Kier alpha value is -3.50. The summed E-state index contributed by atoms with van der Waals surface area (Å²) >= 11 is 0. The molecular weight excluding hydrogens is 398 g/mol. The van der Waals surface area contributed by atoms with Gasteiger partial charge in [-0.15, -0.1) is 0 Å². The Morgan fingerprint density at radius 1 is 1.10 bits per heavy atom. The van der Waals surface area contributed by atoms with Crippen LogP contribution in [0.3, 0.4) is 0 Å². The molecule has 0 radical (unpaired) electrons. The lowest BCUT2D eigenvalue weighted by atomic mass is 10.2. The highest BCUT2D eigenvalue weighted by Gasteiger charge is 2.20. The molecule has 0 saturated carbocycles. The van der Waals surface area contributed by atoms with Gasteiger partial charge >= 0.3 is 0 Å². The van der Waals surface area contributed by atoms with Crippen molar-refractivity contribution in [1.82, 2.24) is 9.47 Å². The van der Waals surface area contributed by atoms with Crippen molar-refractivity contribution in [3.8, 4) is 6.07 Å². The molecule has 0 aliphatic carbocycles. The lowest BCUT2D eigenvalue weighted by Gasteiger charge is -2.18. The number of nitriles is 1. The number of halogens is 2. The first-order chi connectivity index (χ1) is 14.8. The Balaban J connectivity index is 1.77. The Labute approximate surface area is 180 Å². The average Bonchev–Trinajstić information content (AvgIpc) is 2.93. The number of anilines is 1. The Kier molecular flexibility index (Phi) is 6.83. The summed E-state index contributed by atoms with van der Waals surface area (Å²) < 4.78 is 28.5. The highest BCUT2D eigenvalue weighted by atomic mass is 19.1. The Bertz CT molecular complexity index is 1130. The van der Waals surface area contributed by atoms with E-state index in [0.29, 0.717) is 24.5 Å². The minimum Gasteiger partial charge on any atom is -0.326 e. The standard InChI is InChI=1S/C24H24F2N4O/c1-16-17(2)30(14-18-7-9-20(25)10-8-18)24(22(16)12-27)28-23(31)15-29(3)13-19-5-4-6-21(26)11-19/h4-11H,13-15H2,1-3H3,(H,28,31). The first kappa shape index (κ1) is 22.2. The van der Waals surface area contributed by atoms with Crippen molar-refractivity contribution < 1.29 is 13.6 Å². The number of nitrogens with zero attached hydrogens (tertiary/aromatic N) is 3. The summed E-state index contributed by atoms with van der Waals surface area (Å²) in [6.07, 6.45) is 0. The average molecular weight is 422 g/mol. The first-order valence-corrected chi connectivity index (χ1v) is 9.85. The number of likely N-dealkylation sites (N-methyl/N-ethyl adjacent to an activating group) is 1. The van der Waals surface area contributed by atoms with E-state index in [-0.39, 0.29) is 24.1 Å². The van der Waals surface area contributed by atoms with Gasteiger partial charge in [-0.2, -0.15) is 5.26 Å². The van der Waals surface area contributed by atoms with Gasteiger partial charge in [-0.3, -0.25) is 9.69 Å². The zero-order valence-corrected chi connectivity index (χ0v) is 17.7. The first-order valence-electron chi connectivity index (χ1n) is 9.85. The lowest BCUT2D eigenvalue weighted by molar-refractivity contribution is -0.117. The maximum absolute atomic E-state index is 13.4. The van der Waals surface area contributed by atoms with Crippen molar-refractivity contribution in [2.75, 3.05) is 18.9 Å². The number of benzene rings is 2. The second kappa shape index (κ2) is 9.54. The zero-order valence-electron chi connectivity index (χ0n) is 17.7. The molecule has 3 rings (SSSR count). The third kappa shape index (κ3) is 5.36. The van der Waals surface area contributed by atoms with Crippen LogP contribution in [0.25, 0.3) is 0 Å². The molecule has 0 unspecified atom stereocenters. The van der Waals surface area contributed by atoms with Crippen molar-refractivity contribution in [2.24, 2.45) is 0 Å². The van der Waals surface area contributed by atoms with Crippen LogP contribution in [0.5, 0.6) is 0 Å². The molecule has 0 aliphatic rings. The van der Waals surface area contributed by atoms with Crippen LogP contribution >= 0.6 is 0 Å². The fourth-order valence-electron chi connectivity index (χ4n) is 3.52. The van der Waals surface area contributed by atoms with Gasteiger partial charge in [0.05, 0.1) is 12.1 Å². The van der Waals surface area contributed by atoms with Gasteiger partial charge in [-0.25, -0.2) is 8.78 Å².